The topological polar surface area (TPSA) is 41.3 Å². The molecule has 1 rings (SSSR count). The molecule has 0 aromatic carbocycles. The van der Waals surface area contributed by atoms with Crippen LogP contribution in [-0.2, 0) is 0 Å². The summed E-state index contributed by atoms with van der Waals surface area (Å²) in [6.07, 6.45) is 0. The van der Waals surface area contributed by atoms with E-state index in [-0.39, 0.29) is 5.66 Å². The smallest absolute Gasteiger partial charge is 0.0630 e. The van der Waals surface area contributed by atoms with Crippen LogP contribution in [0, 0.1) is 0 Å². The Balaban J connectivity index is 2.55. The summed E-state index contributed by atoms with van der Waals surface area (Å²) in [7, 11) is 0. The molecule has 1 aliphatic heterocycles. The maximum atomic E-state index is 6.03. The Morgan fingerprint density at radius 2 is 1.67 bits per heavy atom. The molecule has 2 unspecified atom stereocenters. The fourth-order valence-electron chi connectivity index (χ4n) is 1.80. The van der Waals surface area contributed by atoms with Crippen molar-refractivity contribution in [1.29, 1.82) is 0 Å². The highest BCUT2D eigenvalue weighted by atomic mass is 15.3. The molecule has 0 aromatic rings. The van der Waals surface area contributed by atoms with Gasteiger partial charge in [0.05, 0.1) is 5.66 Å². The highest BCUT2D eigenvalue weighted by molar-refractivity contribution is 4.86. The van der Waals surface area contributed by atoms with Crippen molar-refractivity contribution >= 4 is 0 Å². The van der Waals surface area contributed by atoms with Crippen molar-refractivity contribution in [3.63, 3.8) is 0 Å². The van der Waals surface area contributed by atoms with E-state index in [9.17, 15) is 0 Å². The van der Waals surface area contributed by atoms with Gasteiger partial charge in [0.25, 0.3) is 0 Å². The van der Waals surface area contributed by atoms with Gasteiger partial charge in [-0.1, -0.05) is 0 Å². The Morgan fingerprint density at radius 1 is 1.25 bits per heavy atom. The van der Waals surface area contributed by atoms with E-state index in [1.165, 1.54) is 0 Å². The minimum atomic E-state index is -0.176. The number of piperazine rings is 1. The number of nitrogens with two attached hydrogens (primary N) is 1. The second-order valence-corrected chi connectivity index (χ2v) is 4.53. The first-order valence-corrected chi connectivity index (χ1v) is 4.69. The van der Waals surface area contributed by atoms with Crippen LogP contribution in [0.3, 0.4) is 0 Å². The van der Waals surface area contributed by atoms with Crippen LogP contribution in [0.2, 0.25) is 0 Å². The molecule has 1 heterocycles. The van der Waals surface area contributed by atoms with Crippen LogP contribution in [-0.4, -0.2) is 35.7 Å². The molecule has 0 radical (unpaired) electrons. The summed E-state index contributed by atoms with van der Waals surface area (Å²) in [6, 6.07) is 1.10. The molecule has 1 saturated heterocycles. The number of hydrogen-bond donors (Lipinski definition) is 2. The lowest BCUT2D eigenvalue weighted by Crippen LogP contribution is -2.63. The van der Waals surface area contributed by atoms with E-state index in [1.807, 2.05) is 0 Å². The molecule has 0 saturated carbocycles. The summed E-state index contributed by atoms with van der Waals surface area (Å²) in [6.45, 7) is 10.6. The summed E-state index contributed by atoms with van der Waals surface area (Å²) in [5.41, 5.74) is 5.86. The predicted octanol–water partition coefficient (Wildman–Crippen LogP) is 0.363. The van der Waals surface area contributed by atoms with E-state index in [0.29, 0.717) is 12.1 Å². The Morgan fingerprint density at radius 3 is 2.00 bits per heavy atom. The van der Waals surface area contributed by atoms with Crippen LogP contribution in [0.1, 0.15) is 27.7 Å². The van der Waals surface area contributed by atoms with Gasteiger partial charge in [0, 0.05) is 25.2 Å². The van der Waals surface area contributed by atoms with E-state index in [2.05, 4.69) is 37.9 Å². The second-order valence-electron chi connectivity index (χ2n) is 4.53. The molecule has 1 fully saturated rings. The lowest BCUT2D eigenvalue weighted by molar-refractivity contribution is 0.0715. The number of hydrogen-bond acceptors (Lipinski definition) is 3. The molecule has 0 aliphatic carbocycles. The average Bonchev–Trinajstić information content (AvgIpc) is 1.82. The molecule has 3 N–H and O–H groups in total. The SMILES string of the molecule is CC1CN(C(C)(C)N)CC(C)N1. The third-order valence-electron chi connectivity index (χ3n) is 2.37. The minimum absolute atomic E-state index is 0.176. The van der Waals surface area contributed by atoms with Crippen molar-refractivity contribution in [3.05, 3.63) is 0 Å². The first-order chi connectivity index (χ1) is 5.39. The van der Waals surface area contributed by atoms with Gasteiger partial charge in [-0.05, 0) is 27.7 Å². The zero-order valence-corrected chi connectivity index (χ0v) is 8.59. The van der Waals surface area contributed by atoms with Gasteiger partial charge in [0.2, 0.25) is 0 Å². The molecule has 3 nitrogen and oxygen atoms in total. The summed E-state index contributed by atoms with van der Waals surface area (Å²) in [4.78, 5) is 2.33. The van der Waals surface area contributed by atoms with Crippen LogP contribution in [0.15, 0.2) is 0 Å². The lowest BCUT2D eigenvalue weighted by atomic mass is 10.1. The highest BCUT2D eigenvalue weighted by Gasteiger charge is 2.28. The van der Waals surface area contributed by atoms with E-state index in [0.717, 1.165) is 13.1 Å². The predicted molar refractivity (Wildman–Crippen MR) is 51.9 cm³/mol. The van der Waals surface area contributed by atoms with E-state index in [4.69, 9.17) is 5.73 Å². The van der Waals surface area contributed by atoms with E-state index in [1.54, 1.807) is 0 Å². The van der Waals surface area contributed by atoms with Gasteiger partial charge in [0.1, 0.15) is 0 Å². The first-order valence-electron chi connectivity index (χ1n) is 4.69. The third kappa shape index (κ3) is 2.44. The van der Waals surface area contributed by atoms with Gasteiger partial charge in [-0.25, -0.2) is 0 Å². The minimum Gasteiger partial charge on any atom is -0.314 e. The summed E-state index contributed by atoms with van der Waals surface area (Å²) in [5, 5.41) is 3.48. The summed E-state index contributed by atoms with van der Waals surface area (Å²) in [5.74, 6) is 0. The zero-order valence-electron chi connectivity index (χ0n) is 8.59. The number of nitrogens with one attached hydrogen (secondary N) is 1. The Bertz CT molecular complexity index is 140. The molecule has 0 bridgehead atoms. The van der Waals surface area contributed by atoms with Crippen molar-refractivity contribution in [1.82, 2.24) is 10.2 Å². The quantitative estimate of drug-likeness (QED) is 0.598. The molecule has 72 valence electrons. The maximum Gasteiger partial charge on any atom is 0.0630 e. The lowest BCUT2D eigenvalue weighted by Gasteiger charge is -2.43. The van der Waals surface area contributed by atoms with Crippen molar-refractivity contribution in [3.8, 4) is 0 Å². The second kappa shape index (κ2) is 3.32. The van der Waals surface area contributed by atoms with Gasteiger partial charge in [-0.2, -0.15) is 0 Å². The highest BCUT2D eigenvalue weighted by Crippen LogP contribution is 2.12. The number of nitrogens with zero attached hydrogens (tertiary/aromatic N) is 1. The number of rotatable bonds is 1. The average molecular weight is 171 g/mol. The van der Waals surface area contributed by atoms with E-state index < -0.39 is 0 Å². The van der Waals surface area contributed by atoms with Crippen LogP contribution in [0.25, 0.3) is 0 Å². The Kier molecular flexibility index (Phi) is 2.76. The molecular formula is C9H21N3. The van der Waals surface area contributed by atoms with Crippen molar-refractivity contribution in [2.45, 2.75) is 45.4 Å². The first kappa shape index (κ1) is 9.96. The molecule has 3 heteroatoms. The van der Waals surface area contributed by atoms with Gasteiger partial charge >= 0.3 is 0 Å². The van der Waals surface area contributed by atoms with Crippen molar-refractivity contribution in [2.24, 2.45) is 5.73 Å². The summed E-state index contributed by atoms with van der Waals surface area (Å²) < 4.78 is 0. The van der Waals surface area contributed by atoms with Crippen molar-refractivity contribution in [2.75, 3.05) is 13.1 Å². The molecule has 0 spiro atoms. The largest absolute Gasteiger partial charge is 0.314 e. The van der Waals surface area contributed by atoms with Gasteiger partial charge < -0.3 is 11.1 Å². The van der Waals surface area contributed by atoms with Gasteiger partial charge in [-0.3, -0.25) is 4.90 Å². The van der Waals surface area contributed by atoms with E-state index >= 15 is 0 Å². The van der Waals surface area contributed by atoms with Gasteiger partial charge in [-0.15, -0.1) is 0 Å². The fraction of sp³-hybridized carbons (Fsp3) is 1.00. The third-order valence-corrected chi connectivity index (χ3v) is 2.37. The molecule has 1 aliphatic rings. The molecule has 0 amide bonds. The van der Waals surface area contributed by atoms with Crippen LogP contribution in [0.5, 0.6) is 0 Å². The normalized spacial score (nSPS) is 33.8. The molecule has 12 heavy (non-hydrogen) atoms. The zero-order chi connectivity index (χ0) is 9.35. The van der Waals surface area contributed by atoms with Crippen LogP contribution in [0.4, 0.5) is 0 Å². The van der Waals surface area contributed by atoms with Gasteiger partial charge in [0.15, 0.2) is 0 Å². The molecule has 2 atom stereocenters. The monoisotopic (exact) mass is 171 g/mol. The maximum absolute atomic E-state index is 6.03. The molecular weight excluding hydrogens is 150 g/mol. The fourth-order valence-corrected chi connectivity index (χ4v) is 1.80. The standard InChI is InChI=1S/C9H21N3/c1-7-5-12(9(3,4)10)6-8(2)11-7/h7-8,11H,5-6,10H2,1-4H3. The Hall–Kier alpha value is -0.120. The molecule has 0 aromatic heterocycles. The summed E-state index contributed by atoms with van der Waals surface area (Å²) >= 11 is 0. The van der Waals surface area contributed by atoms with Crippen LogP contribution >= 0.6 is 0 Å². The van der Waals surface area contributed by atoms with Crippen molar-refractivity contribution < 1.29 is 0 Å². The Labute approximate surface area is 75.3 Å². The van der Waals surface area contributed by atoms with Crippen LogP contribution < -0.4 is 11.1 Å².